The standard InChI is InChI=1S/C8H15Br2O4P/c1-3-5-12-15(11,13-6-4-2)14-7-8(9)10/h7H,3-6H2,1-2H3. The van der Waals surface area contributed by atoms with Crippen LogP contribution in [0.4, 0.5) is 0 Å². The van der Waals surface area contributed by atoms with E-state index in [1.807, 2.05) is 13.8 Å². The Kier molecular flexibility index (Phi) is 9.14. The van der Waals surface area contributed by atoms with Crippen LogP contribution < -0.4 is 0 Å². The molecular formula is C8H15Br2O4P. The third kappa shape index (κ3) is 8.46. The predicted molar refractivity (Wildman–Crippen MR) is 67.1 cm³/mol. The van der Waals surface area contributed by atoms with Gasteiger partial charge < -0.3 is 4.52 Å². The lowest BCUT2D eigenvalue weighted by Gasteiger charge is -2.15. The maximum atomic E-state index is 11.9. The first-order chi connectivity index (χ1) is 7.04. The lowest BCUT2D eigenvalue weighted by Crippen LogP contribution is -1.99. The van der Waals surface area contributed by atoms with Gasteiger partial charge in [-0.2, -0.15) is 0 Å². The minimum absolute atomic E-state index is 0.342. The molecule has 90 valence electrons. The van der Waals surface area contributed by atoms with Crippen LogP contribution in [0.2, 0.25) is 0 Å². The average Bonchev–Trinajstić information content (AvgIpc) is 2.21. The second-order valence-electron chi connectivity index (χ2n) is 2.63. The number of rotatable bonds is 8. The van der Waals surface area contributed by atoms with Crippen molar-refractivity contribution in [1.29, 1.82) is 0 Å². The Labute approximate surface area is 107 Å². The van der Waals surface area contributed by atoms with Crippen molar-refractivity contribution in [3.8, 4) is 0 Å². The molecule has 7 heteroatoms. The normalized spacial score (nSPS) is 11.2. The van der Waals surface area contributed by atoms with E-state index in [1.165, 1.54) is 6.26 Å². The Morgan fingerprint density at radius 1 is 1.20 bits per heavy atom. The van der Waals surface area contributed by atoms with Crippen molar-refractivity contribution < 1.29 is 18.1 Å². The molecule has 0 saturated carbocycles. The molecular weight excluding hydrogens is 351 g/mol. The zero-order chi connectivity index (χ0) is 11.7. The van der Waals surface area contributed by atoms with E-state index in [1.54, 1.807) is 0 Å². The van der Waals surface area contributed by atoms with Gasteiger partial charge in [0.05, 0.1) is 16.6 Å². The molecule has 0 aromatic rings. The smallest absolute Gasteiger partial charge is 0.410 e. The van der Waals surface area contributed by atoms with E-state index in [0.717, 1.165) is 12.8 Å². The van der Waals surface area contributed by atoms with Gasteiger partial charge in [0, 0.05) is 0 Å². The van der Waals surface area contributed by atoms with Crippen molar-refractivity contribution in [3.63, 3.8) is 0 Å². The number of hydrogen-bond donors (Lipinski definition) is 0. The summed E-state index contributed by atoms with van der Waals surface area (Å²) in [5.74, 6) is 0. The molecule has 15 heavy (non-hydrogen) atoms. The molecule has 0 aliphatic carbocycles. The lowest BCUT2D eigenvalue weighted by molar-refractivity contribution is 0.143. The summed E-state index contributed by atoms with van der Waals surface area (Å²) in [6.07, 6.45) is 2.75. The maximum absolute atomic E-state index is 11.9. The van der Waals surface area contributed by atoms with Crippen LogP contribution in [0, 0.1) is 0 Å². The number of hydrogen-bond acceptors (Lipinski definition) is 4. The van der Waals surface area contributed by atoms with Crippen molar-refractivity contribution in [1.82, 2.24) is 0 Å². The molecule has 0 rings (SSSR count). The summed E-state index contributed by atoms with van der Waals surface area (Å²) in [6.45, 7) is 4.52. The summed E-state index contributed by atoms with van der Waals surface area (Å²) in [4.78, 5) is 0. The summed E-state index contributed by atoms with van der Waals surface area (Å²) in [6, 6.07) is 0. The molecule has 0 aliphatic heterocycles. The average molecular weight is 366 g/mol. The van der Waals surface area contributed by atoms with Crippen LogP contribution in [0.5, 0.6) is 0 Å². The molecule has 0 radical (unpaired) electrons. The summed E-state index contributed by atoms with van der Waals surface area (Å²) >= 11 is 6.17. The molecule has 0 amide bonds. The van der Waals surface area contributed by atoms with Crippen LogP contribution in [0.15, 0.2) is 9.65 Å². The van der Waals surface area contributed by atoms with E-state index in [-0.39, 0.29) is 0 Å². The fourth-order valence-electron chi connectivity index (χ4n) is 0.609. The Hall–Kier alpha value is 0.650. The van der Waals surface area contributed by atoms with Crippen molar-refractivity contribution in [2.75, 3.05) is 13.2 Å². The summed E-state index contributed by atoms with van der Waals surface area (Å²) in [5, 5.41) is 0. The minimum Gasteiger partial charge on any atom is -0.410 e. The fourth-order valence-corrected chi connectivity index (χ4v) is 2.33. The minimum atomic E-state index is -3.44. The molecule has 0 spiro atoms. The molecule has 0 saturated heterocycles. The topological polar surface area (TPSA) is 44.8 Å². The third-order valence-corrected chi connectivity index (χ3v) is 2.91. The Bertz CT molecular complexity index is 229. The van der Waals surface area contributed by atoms with Crippen molar-refractivity contribution in [2.24, 2.45) is 0 Å². The Morgan fingerprint density at radius 2 is 1.67 bits per heavy atom. The monoisotopic (exact) mass is 364 g/mol. The van der Waals surface area contributed by atoms with E-state index >= 15 is 0 Å². The Balaban J connectivity index is 4.26. The molecule has 0 N–H and O–H groups in total. The van der Waals surface area contributed by atoms with Crippen LogP contribution in [0.1, 0.15) is 26.7 Å². The molecule has 0 atom stereocenters. The Morgan fingerprint density at radius 3 is 2.00 bits per heavy atom. The highest BCUT2D eigenvalue weighted by atomic mass is 79.9. The highest BCUT2D eigenvalue weighted by Gasteiger charge is 2.26. The molecule has 0 aliphatic rings. The molecule has 0 aromatic carbocycles. The second kappa shape index (κ2) is 8.76. The fraction of sp³-hybridized carbons (Fsp3) is 0.750. The number of phosphoric acid groups is 1. The highest BCUT2D eigenvalue weighted by molar-refractivity contribution is 9.28. The van der Waals surface area contributed by atoms with Gasteiger partial charge in [0.25, 0.3) is 0 Å². The van der Waals surface area contributed by atoms with Gasteiger partial charge in [-0.05, 0) is 44.7 Å². The number of halogens is 2. The van der Waals surface area contributed by atoms with Gasteiger partial charge in [-0.25, -0.2) is 4.57 Å². The van der Waals surface area contributed by atoms with E-state index in [9.17, 15) is 4.57 Å². The van der Waals surface area contributed by atoms with Crippen LogP contribution in [0.25, 0.3) is 0 Å². The van der Waals surface area contributed by atoms with Crippen LogP contribution in [-0.2, 0) is 18.1 Å². The first-order valence-corrected chi connectivity index (χ1v) is 7.67. The lowest BCUT2D eigenvalue weighted by atomic mass is 10.5. The SMILES string of the molecule is CCCOP(=O)(OC=C(Br)Br)OCCC. The van der Waals surface area contributed by atoms with Gasteiger partial charge in [-0.15, -0.1) is 0 Å². The molecule has 0 fully saturated rings. The first kappa shape index (κ1) is 15.7. The van der Waals surface area contributed by atoms with Gasteiger partial charge in [0.15, 0.2) is 0 Å². The summed E-state index contributed by atoms with van der Waals surface area (Å²) in [5.41, 5.74) is 0. The zero-order valence-electron chi connectivity index (χ0n) is 8.74. The highest BCUT2D eigenvalue weighted by Crippen LogP contribution is 2.50. The predicted octanol–water partition coefficient (Wildman–Crippen LogP) is 4.55. The van der Waals surface area contributed by atoms with Crippen molar-refractivity contribution in [2.45, 2.75) is 26.7 Å². The van der Waals surface area contributed by atoms with Crippen LogP contribution in [-0.4, -0.2) is 13.2 Å². The number of phosphoric ester groups is 1. The van der Waals surface area contributed by atoms with Gasteiger partial charge in [0.1, 0.15) is 6.26 Å². The van der Waals surface area contributed by atoms with E-state index < -0.39 is 7.82 Å². The molecule has 0 heterocycles. The van der Waals surface area contributed by atoms with E-state index in [2.05, 4.69) is 31.9 Å². The maximum Gasteiger partial charge on any atom is 0.529 e. The van der Waals surface area contributed by atoms with Crippen LogP contribution >= 0.6 is 39.7 Å². The zero-order valence-corrected chi connectivity index (χ0v) is 12.8. The van der Waals surface area contributed by atoms with E-state index in [4.69, 9.17) is 13.6 Å². The second-order valence-corrected chi connectivity index (χ2v) is 7.02. The molecule has 0 unspecified atom stereocenters. The summed E-state index contributed by atoms with van der Waals surface area (Å²) < 4.78 is 27.5. The summed E-state index contributed by atoms with van der Waals surface area (Å²) in [7, 11) is -3.44. The first-order valence-electron chi connectivity index (χ1n) is 4.62. The van der Waals surface area contributed by atoms with Gasteiger partial charge in [-0.3, -0.25) is 9.05 Å². The van der Waals surface area contributed by atoms with Gasteiger partial charge in [-0.1, -0.05) is 13.8 Å². The third-order valence-electron chi connectivity index (χ3n) is 1.18. The quantitative estimate of drug-likeness (QED) is 0.467. The van der Waals surface area contributed by atoms with E-state index in [0.29, 0.717) is 16.6 Å². The molecule has 0 aromatic heterocycles. The largest absolute Gasteiger partial charge is 0.529 e. The molecule has 4 nitrogen and oxygen atoms in total. The van der Waals surface area contributed by atoms with Crippen molar-refractivity contribution in [3.05, 3.63) is 9.65 Å². The van der Waals surface area contributed by atoms with Crippen LogP contribution in [0.3, 0.4) is 0 Å². The van der Waals surface area contributed by atoms with Gasteiger partial charge in [0.2, 0.25) is 0 Å². The van der Waals surface area contributed by atoms with Crippen molar-refractivity contribution >= 4 is 39.7 Å². The molecule has 0 bridgehead atoms. The van der Waals surface area contributed by atoms with Gasteiger partial charge >= 0.3 is 7.82 Å².